The van der Waals surface area contributed by atoms with Gasteiger partial charge in [0.25, 0.3) is 0 Å². The van der Waals surface area contributed by atoms with E-state index in [9.17, 15) is 9.59 Å². The SMILES string of the molecule is Cc1ccc(C(=O)COC(=O)c2cc3c(s2)CCC3)s1. The molecule has 0 aliphatic heterocycles. The van der Waals surface area contributed by atoms with Crippen LogP contribution in [-0.2, 0) is 17.6 Å². The van der Waals surface area contributed by atoms with Gasteiger partial charge in [-0.25, -0.2) is 4.79 Å². The fraction of sp³-hybridized carbons (Fsp3) is 0.333. The van der Waals surface area contributed by atoms with E-state index in [2.05, 4.69) is 0 Å². The highest BCUT2D eigenvalue weighted by Crippen LogP contribution is 2.30. The van der Waals surface area contributed by atoms with Gasteiger partial charge in [-0.1, -0.05) is 0 Å². The summed E-state index contributed by atoms with van der Waals surface area (Å²) in [4.78, 5) is 27.4. The predicted octanol–water partition coefficient (Wildman–Crippen LogP) is 3.65. The highest BCUT2D eigenvalue weighted by Gasteiger charge is 2.20. The van der Waals surface area contributed by atoms with Gasteiger partial charge in [-0.05, 0) is 49.9 Å². The number of fused-ring (bicyclic) bond motifs is 1. The van der Waals surface area contributed by atoms with E-state index in [1.54, 1.807) is 6.07 Å². The van der Waals surface area contributed by atoms with Crippen molar-refractivity contribution in [2.45, 2.75) is 26.2 Å². The average Bonchev–Trinajstić information content (AvgIpc) is 3.09. The Labute approximate surface area is 125 Å². The van der Waals surface area contributed by atoms with Crippen molar-refractivity contribution in [1.82, 2.24) is 0 Å². The Morgan fingerprint density at radius 1 is 1.20 bits per heavy atom. The molecule has 0 bridgehead atoms. The third-order valence-electron chi connectivity index (χ3n) is 3.30. The molecule has 0 aromatic carbocycles. The number of hydrogen-bond donors (Lipinski definition) is 0. The van der Waals surface area contributed by atoms with Crippen LogP contribution in [0.25, 0.3) is 0 Å². The Hall–Kier alpha value is -1.46. The van der Waals surface area contributed by atoms with Crippen LogP contribution in [0.3, 0.4) is 0 Å². The lowest BCUT2D eigenvalue weighted by Crippen LogP contribution is -2.12. The highest BCUT2D eigenvalue weighted by molar-refractivity contribution is 7.14. The second kappa shape index (κ2) is 5.50. The molecule has 3 nitrogen and oxygen atoms in total. The van der Waals surface area contributed by atoms with E-state index in [1.807, 2.05) is 19.1 Å². The van der Waals surface area contributed by atoms with Gasteiger partial charge in [0.1, 0.15) is 4.88 Å². The quantitative estimate of drug-likeness (QED) is 0.640. The van der Waals surface area contributed by atoms with Crippen LogP contribution in [0.15, 0.2) is 18.2 Å². The number of thiophene rings is 2. The van der Waals surface area contributed by atoms with E-state index >= 15 is 0 Å². The van der Waals surface area contributed by atoms with Gasteiger partial charge in [-0.15, -0.1) is 22.7 Å². The summed E-state index contributed by atoms with van der Waals surface area (Å²) in [7, 11) is 0. The van der Waals surface area contributed by atoms with Crippen LogP contribution in [0, 0.1) is 6.92 Å². The van der Waals surface area contributed by atoms with Crippen LogP contribution in [0.2, 0.25) is 0 Å². The Morgan fingerprint density at radius 3 is 2.75 bits per heavy atom. The standard InChI is InChI=1S/C15H14O3S2/c1-9-5-6-13(19-9)11(16)8-18-15(17)14-7-10-3-2-4-12(10)20-14/h5-7H,2-4,8H2,1H3. The van der Waals surface area contributed by atoms with Gasteiger partial charge in [0.05, 0.1) is 4.88 Å². The normalized spacial score (nSPS) is 13.2. The number of Topliss-reactive ketones (excluding diaryl/α,β-unsaturated/α-hetero) is 1. The van der Waals surface area contributed by atoms with Crippen molar-refractivity contribution in [3.05, 3.63) is 43.3 Å². The van der Waals surface area contributed by atoms with Crippen molar-refractivity contribution in [2.75, 3.05) is 6.61 Å². The molecule has 2 aromatic rings. The topological polar surface area (TPSA) is 43.4 Å². The highest BCUT2D eigenvalue weighted by atomic mass is 32.1. The number of hydrogen-bond acceptors (Lipinski definition) is 5. The van der Waals surface area contributed by atoms with Gasteiger partial charge in [0, 0.05) is 9.75 Å². The van der Waals surface area contributed by atoms with Gasteiger partial charge in [-0.2, -0.15) is 0 Å². The Bertz CT molecular complexity index is 645. The summed E-state index contributed by atoms with van der Waals surface area (Å²) in [6.45, 7) is 1.77. The molecule has 1 aliphatic rings. The van der Waals surface area contributed by atoms with E-state index in [4.69, 9.17) is 4.74 Å². The maximum atomic E-state index is 11.9. The maximum absolute atomic E-state index is 11.9. The van der Waals surface area contributed by atoms with Crippen molar-refractivity contribution in [2.24, 2.45) is 0 Å². The number of esters is 1. The molecule has 2 aromatic heterocycles. The lowest BCUT2D eigenvalue weighted by Gasteiger charge is -2.01. The summed E-state index contributed by atoms with van der Waals surface area (Å²) >= 11 is 2.92. The first kappa shape index (κ1) is 13.5. The largest absolute Gasteiger partial charge is 0.453 e. The van der Waals surface area contributed by atoms with E-state index < -0.39 is 0 Å². The van der Waals surface area contributed by atoms with Crippen molar-refractivity contribution in [3.63, 3.8) is 0 Å². The van der Waals surface area contributed by atoms with Crippen LogP contribution >= 0.6 is 22.7 Å². The van der Waals surface area contributed by atoms with Crippen LogP contribution in [0.4, 0.5) is 0 Å². The molecule has 0 radical (unpaired) electrons. The monoisotopic (exact) mass is 306 g/mol. The minimum absolute atomic E-state index is 0.138. The molecule has 0 N–H and O–H groups in total. The number of ketones is 1. The van der Waals surface area contributed by atoms with E-state index in [-0.39, 0.29) is 18.4 Å². The number of ether oxygens (including phenoxy) is 1. The zero-order valence-corrected chi connectivity index (χ0v) is 12.7. The zero-order chi connectivity index (χ0) is 14.1. The minimum atomic E-state index is -0.383. The predicted molar refractivity (Wildman–Crippen MR) is 80.0 cm³/mol. The number of rotatable bonds is 4. The minimum Gasteiger partial charge on any atom is -0.453 e. The van der Waals surface area contributed by atoms with E-state index in [0.717, 1.165) is 17.7 Å². The van der Waals surface area contributed by atoms with Gasteiger partial charge in [0.15, 0.2) is 6.61 Å². The summed E-state index contributed by atoms with van der Waals surface area (Å²) < 4.78 is 5.12. The molecule has 0 atom stereocenters. The lowest BCUT2D eigenvalue weighted by molar-refractivity contribution is 0.0480. The van der Waals surface area contributed by atoms with Crippen molar-refractivity contribution in [1.29, 1.82) is 0 Å². The second-order valence-electron chi connectivity index (χ2n) is 4.82. The van der Waals surface area contributed by atoms with Crippen LogP contribution < -0.4 is 0 Å². The van der Waals surface area contributed by atoms with Crippen LogP contribution in [-0.4, -0.2) is 18.4 Å². The molecule has 0 spiro atoms. The molecule has 0 fully saturated rings. The smallest absolute Gasteiger partial charge is 0.348 e. The summed E-state index contributed by atoms with van der Waals surface area (Å²) in [5, 5.41) is 0. The summed E-state index contributed by atoms with van der Waals surface area (Å²) in [6, 6.07) is 5.58. The molecule has 2 heterocycles. The third kappa shape index (κ3) is 2.69. The summed E-state index contributed by atoms with van der Waals surface area (Å²) in [5.41, 5.74) is 1.27. The summed E-state index contributed by atoms with van der Waals surface area (Å²) in [5.74, 6) is -0.522. The molecular formula is C15H14O3S2. The molecular weight excluding hydrogens is 292 g/mol. The molecule has 3 rings (SSSR count). The molecule has 0 saturated carbocycles. The molecule has 20 heavy (non-hydrogen) atoms. The third-order valence-corrected chi connectivity index (χ3v) is 5.56. The molecule has 0 saturated heterocycles. The summed E-state index contributed by atoms with van der Waals surface area (Å²) in [6.07, 6.45) is 3.28. The first-order chi connectivity index (χ1) is 9.63. The number of carbonyl (C=O) groups excluding carboxylic acids is 2. The van der Waals surface area contributed by atoms with Gasteiger partial charge >= 0.3 is 5.97 Å². The average molecular weight is 306 g/mol. The molecule has 1 aliphatic carbocycles. The number of carbonyl (C=O) groups is 2. The molecule has 0 unspecified atom stereocenters. The van der Waals surface area contributed by atoms with E-state index in [1.165, 1.54) is 39.5 Å². The fourth-order valence-electron chi connectivity index (χ4n) is 2.29. The van der Waals surface area contributed by atoms with Gasteiger partial charge in [0.2, 0.25) is 5.78 Å². The van der Waals surface area contributed by atoms with Gasteiger partial charge in [-0.3, -0.25) is 4.79 Å². The number of aryl methyl sites for hydroxylation is 3. The van der Waals surface area contributed by atoms with Crippen LogP contribution in [0.5, 0.6) is 0 Å². The van der Waals surface area contributed by atoms with E-state index in [0.29, 0.717) is 9.75 Å². The molecule has 0 amide bonds. The maximum Gasteiger partial charge on any atom is 0.348 e. The zero-order valence-electron chi connectivity index (χ0n) is 11.1. The van der Waals surface area contributed by atoms with Crippen molar-refractivity contribution >= 4 is 34.4 Å². The first-order valence-corrected chi connectivity index (χ1v) is 8.15. The molecule has 5 heteroatoms. The first-order valence-electron chi connectivity index (χ1n) is 6.52. The van der Waals surface area contributed by atoms with Gasteiger partial charge < -0.3 is 4.74 Å². The Kier molecular flexibility index (Phi) is 3.72. The van der Waals surface area contributed by atoms with Crippen LogP contribution in [0.1, 0.15) is 41.1 Å². The Balaban J connectivity index is 1.60. The van der Waals surface area contributed by atoms with Crippen molar-refractivity contribution < 1.29 is 14.3 Å². The fourth-order valence-corrected chi connectivity index (χ4v) is 4.23. The second-order valence-corrected chi connectivity index (χ2v) is 7.25. The van der Waals surface area contributed by atoms with Crippen molar-refractivity contribution in [3.8, 4) is 0 Å². The molecule has 104 valence electrons. The lowest BCUT2D eigenvalue weighted by atomic mass is 10.2. The Morgan fingerprint density at radius 2 is 2.05 bits per heavy atom.